The molecular weight excluding hydrogens is 204 g/mol. The maximum absolute atomic E-state index is 11.0. The Bertz CT molecular complexity index is 253. The largest absolute Gasteiger partial charge is 0.481 e. The van der Waals surface area contributed by atoms with Crippen LogP contribution >= 0.6 is 0 Å². The number of nitrogens with one attached hydrogen (secondary N) is 2. The minimum Gasteiger partial charge on any atom is -0.481 e. The zero-order valence-electron chi connectivity index (χ0n) is 8.32. The summed E-state index contributed by atoms with van der Waals surface area (Å²) in [6.07, 6.45) is -0.420. The van der Waals surface area contributed by atoms with Crippen LogP contribution in [-0.2, 0) is 14.4 Å². The molecule has 0 aromatic rings. The molecule has 1 unspecified atom stereocenters. The van der Waals surface area contributed by atoms with Crippen LogP contribution in [0.2, 0.25) is 0 Å². The van der Waals surface area contributed by atoms with Gasteiger partial charge in [0, 0.05) is 6.42 Å². The van der Waals surface area contributed by atoms with Gasteiger partial charge in [-0.1, -0.05) is 0 Å². The van der Waals surface area contributed by atoms with E-state index in [0.717, 1.165) is 0 Å². The van der Waals surface area contributed by atoms with E-state index in [-0.39, 0.29) is 19.4 Å². The maximum atomic E-state index is 11.0. The molecule has 86 valence electrons. The molecule has 0 saturated heterocycles. The number of amides is 1. The van der Waals surface area contributed by atoms with E-state index in [1.807, 2.05) is 0 Å². The third-order valence-electron chi connectivity index (χ3n) is 1.62. The Hall–Kier alpha value is -1.63. The van der Waals surface area contributed by atoms with E-state index in [2.05, 4.69) is 10.6 Å². The number of aliphatic carboxylic acids is 2. The van der Waals surface area contributed by atoms with Crippen molar-refractivity contribution in [2.24, 2.45) is 0 Å². The first-order valence-corrected chi connectivity index (χ1v) is 4.36. The summed E-state index contributed by atoms with van der Waals surface area (Å²) in [5, 5.41) is 21.8. The Labute approximate surface area is 86.5 Å². The summed E-state index contributed by atoms with van der Waals surface area (Å²) >= 11 is 0. The van der Waals surface area contributed by atoms with Crippen LogP contribution in [0.4, 0.5) is 0 Å². The zero-order chi connectivity index (χ0) is 11.8. The average Bonchev–Trinajstić information content (AvgIpc) is 2.11. The first-order valence-electron chi connectivity index (χ1n) is 4.36. The fourth-order valence-electron chi connectivity index (χ4n) is 0.931. The fourth-order valence-corrected chi connectivity index (χ4v) is 0.931. The van der Waals surface area contributed by atoms with E-state index in [4.69, 9.17) is 10.2 Å². The number of carboxylic acids is 2. The lowest BCUT2D eigenvalue weighted by molar-refractivity contribution is -0.142. The van der Waals surface area contributed by atoms with Gasteiger partial charge in [0.2, 0.25) is 5.91 Å². The monoisotopic (exact) mass is 218 g/mol. The average molecular weight is 218 g/mol. The van der Waals surface area contributed by atoms with Crippen molar-refractivity contribution in [3.8, 4) is 0 Å². The number of rotatable bonds is 7. The summed E-state index contributed by atoms with van der Waals surface area (Å²) in [5.41, 5.74) is 0. The standard InChI is InChI=1S/C8H14N2O5/c1-9-4-6(11)10-5(8(14)15)2-3-7(12)13/h5,9H,2-4H2,1H3,(H,10,11)(H,12,13)(H,14,15). The van der Waals surface area contributed by atoms with Crippen molar-refractivity contribution < 1.29 is 24.6 Å². The predicted molar refractivity (Wildman–Crippen MR) is 50.4 cm³/mol. The van der Waals surface area contributed by atoms with Crippen LogP contribution in [0.3, 0.4) is 0 Å². The number of hydrogen-bond donors (Lipinski definition) is 4. The molecule has 4 N–H and O–H groups in total. The third kappa shape index (κ3) is 6.44. The molecule has 15 heavy (non-hydrogen) atoms. The lowest BCUT2D eigenvalue weighted by atomic mass is 10.1. The topological polar surface area (TPSA) is 116 Å². The van der Waals surface area contributed by atoms with Crippen LogP contribution in [0.25, 0.3) is 0 Å². The molecule has 0 aliphatic rings. The molecule has 0 saturated carbocycles. The van der Waals surface area contributed by atoms with Crippen LogP contribution in [0.15, 0.2) is 0 Å². The van der Waals surface area contributed by atoms with Crippen LogP contribution in [0.5, 0.6) is 0 Å². The lowest BCUT2D eigenvalue weighted by Gasteiger charge is -2.12. The highest BCUT2D eigenvalue weighted by molar-refractivity contribution is 5.84. The van der Waals surface area contributed by atoms with Crippen molar-refractivity contribution in [1.82, 2.24) is 10.6 Å². The molecule has 0 aromatic heterocycles. The van der Waals surface area contributed by atoms with Gasteiger partial charge in [-0.25, -0.2) is 4.79 Å². The Morgan fingerprint density at radius 1 is 1.27 bits per heavy atom. The zero-order valence-corrected chi connectivity index (χ0v) is 8.32. The van der Waals surface area contributed by atoms with E-state index >= 15 is 0 Å². The minimum absolute atomic E-state index is 0.00312. The summed E-state index contributed by atoms with van der Waals surface area (Å²) in [5.74, 6) is -2.81. The van der Waals surface area contributed by atoms with Crippen molar-refractivity contribution in [2.45, 2.75) is 18.9 Å². The Kier molecular flexibility index (Phi) is 6.03. The van der Waals surface area contributed by atoms with Crippen LogP contribution in [0.1, 0.15) is 12.8 Å². The van der Waals surface area contributed by atoms with Crippen LogP contribution in [-0.4, -0.2) is 47.7 Å². The summed E-state index contributed by atoms with van der Waals surface area (Å²) < 4.78 is 0. The van der Waals surface area contributed by atoms with Gasteiger partial charge in [-0.3, -0.25) is 9.59 Å². The molecule has 0 fully saturated rings. The summed E-state index contributed by atoms with van der Waals surface area (Å²) in [6.45, 7) is -0.00312. The number of carbonyl (C=O) groups excluding carboxylic acids is 1. The molecule has 0 bridgehead atoms. The second-order valence-electron chi connectivity index (χ2n) is 2.92. The highest BCUT2D eigenvalue weighted by Crippen LogP contribution is 1.97. The van der Waals surface area contributed by atoms with Gasteiger partial charge in [-0.15, -0.1) is 0 Å². The Balaban J connectivity index is 4.10. The maximum Gasteiger partial charge on any atom is 0.326 e. The van der Waals surface area contributed by atoms with Gasteiger partial charge < -0.3 is 20.8 Å². The van der Waals surface area contributed by atoms with Crippen molar-refractivity contribution in [3.05, 3.63) is 0 Å². The van der Waals surface area contributed by atoms with Gasteiger partial charge >= 0.3 is 11.9 Å². The van der Waals surface area contributed by atoms with E-state index in [1.54, 1.807) is 7.05 Å². The minimum atomic E-state index is -1.24. The molecule has 0 heterocycles. The lowest BCUT2D eigenvalue weighted by Crippen LogP contribution is -2.44. The van der Waals surface area contributed by atoms with Gasteiger partial charge in [-0.2, -0.15) is 0 Å². The van der Waals surface area contributed by atoms with Gasteiger partial charge in [0.15, 0.2) is 0 Å². The third-order valence-corrected chi connectivity index (χ3v) is 1.62. The molecule has 0 radical (unpaired) electrons. The SMILES string of the molecule is CNCC(=O)NC(CCC(=O)O)C(=O)O. The number of hydrogen-bond acceptors (Lipinski definition) is 4. The van der Waals surface area contributed by atoms with Crippen molar-refractivity contribution in [1.29, 1.82) is 0 Å². The molecule has 7 heteroatoms. The predicted octanol–water partition coefficient (Wildman–Crippen LogP) is -1.36. The van der Waals surface area contributed by atoms with Gasteiger partial charge in [-0.05, 0) is 13.5 Å². The number of likely N-dealkylation sites (N-methyl/N-ethyl adjacent to an activating group) is 1. The van der Waals surface area contributed by atoms with Crippen molar-refractivity contribution in [2.75, 3.05) is 13.6 Å². The molecule has 0 rings (SSSR count). The molecule has 1 atom stereocenters. The molecule has 1 amide bonds. The molecule has 7 nitrogen and oxygen atoms in total. The normalized spacial score (nSPS) is 11.8. The Morgan fingerprint density at radius 2 is 1.87 bits per heavy atom. The highest BCUT2D eigenvalue weighted by atomic mass is 16.4. The van der Waals surface area contributed by atoms with Crippen LogP contribution in [0, 0.1) is 0 Å². The summed E-state index contributed by atoms with van der Waals surface area (Å²) in [6, 6.07) is -1.15. The highest BCUT2D eigenvalue weighted by Gasteiger charge is 2.20. The van der Waals surface area contributed by atoms with Gasteiger partial charge in [0.05, 0.1) is 6.54 Å². The molecule has 0 aliphatic heterocycles. The van der Waals surface area contributed by atoms with Gasteiger partial charge in [0.1, 0.15) is 6.04 Å². The summed E-state index contributed by atoms with van der Waals surface area (Å²) in [7, 11) is 1.55. The van der Waals surface area contributed by atoms with Crippen molar-refractivity contribution >= 4 is 17.8 Å². The first-order chi connectivity index (χ1) is 6.97. The summed E-state index contributed by atoms with van der Waals surface area (Å²) in [4.78, 5) is 31.9. The smallest absolute Gasteiger partial charge is 0.326 e. The van der Waals surface area contributed by atoms with Crippen LogP contribution < -0.4 is 10.6 Å². The molecular formula is C8H14N2O5. The molecule has 0 aromatic carbocycles. The van der Waals surface area contributed by atoms with E-state index in [9.17, 15) is 14.4 Å². The second-order valence-corrected chi connectivity index (χ2v) is 2.92. The quantitative estimate of drug-likeness (QED) is 0.419. The number of carbonyl (C=O) groups is 3. The molecule has 0 aliphatic carbocycles. The van der Waals surface area contributed by atoms with E-state index in [0.29, 0.717) is 0 Å². The van der Waals surface area contributed by atoms with Gasteiger partial charge in [0.25, 0.3) is 0 Å². The Morgan fingerprint density at radius 3 is 2.27 bits per heavy atom. The first kappa shape index (κ1) is 13.4. The molecule has 0 spiro atoms. The fraction of sp³-hybridized carbons (Fsp3) is 0.625. The van der Waals surface area contributed by atoms with E-state index < -0.39 is 23.9 Å². The second kappa shape index (κ2) is 6.77. The van der Waals surface area contributed by atoms with Crippen molar-refractivity contribution in [3.63, 3.8) is 0 Å². The van der Waals surface area contributed by atoms with E-state index in [1.165, 1.54) is 0 Å². The number of carboxylic acid groups (broad SMARTS) is 2.